The van der Waals surface area contributed by atoms with Gasteiger partial charge in [0, 0.05) is 5.69 Å². The van der Waals surface area contributed by atoms with E-state index in [4.69, 9.17) is 40.1 Å². The Balaban J connectivity index is 2.29. The van der Waals surface area contributed by atoms with E-state index in [0.29, 0.717) is 11.3 Å². The van der Waals surface area contributed by atoms with Crippen LogP contribution in [-0.2, 0) is 0 Å². The van der Waals surface area contributed by atoms with Gasteiger partial charge >= 0.3 is 0 Å². The van der Waals surface area contributed by atoms with Gasteiger partial charge in [0.1, 0.15) is 6.07 Å². The van der Waals surface area contributed by atoms with Crippen LogP contribution in [0, 0.1) is 11.3 Å². The molecule has 0 unspecified atom stereocenters. The van der Waals surface area contributed by atoms with Gasteiger partial charge in [0.2, 0.25) is 0 Å². The molecule has 0 bridgehead atoms. The van der Waals surface area contributed by atoms with Crippen molar-refractivity contribution in [1.29, 1.82) is 5.26 Å². The molecule has 1 amide bonds. The van der Waals surface area contributed by atoms with Crippen LogP contribution in [0.4, 0.5) is 5.69 Å². The van der Waals surface area contributed by atoms with Crippen LogP contribution < -0.4 is 5.32 Å². The number of hydrogen-bond acceptors (Lipinski definition) is 2. The minimum absolute atomic E-state index is 0.191. The number of benzene rings is 2. The molecule has 0 spiro atoms. The molecule has 0 heterocycles. The molecule has 0 atom stereocenters. The normalized spacial score (nSPS) is 9.90. The van der Waals surface area contributed by atoms with Crippen molar-refractivity contribution in [2.24, 2.45) is 0 Å². The van der Waals surface area contributed by atoms with Crippen LogP contribution in [0.5, 0.6) is 0 Å². The molecule has 2 aromatic carbocycles. The summed E-state index contributed by atoms with van der Waals surface area (Å²) in [4.78, 5) is 12.1. The van der Waals surface area contributed by atoms with E-state index in [1.54, 1.807) is 24.3 Å². The highest BCUT2D eigenvalue weighted by atomic mass is 35.5. The largest absolute Gasteiger partial charge is 0.322 e. The van der Waals surface area contributed by atoms with Crippen LogP contribution in [-0.4, -0.2) is 5.91 Å². The summed E-state index contributed by atoms with van der Waals surface area (Å²) in [6.07, 6.45) is 0. The van der Waals surface area contributed by atoms with Crippen molar-refractivity contribution in [2.45, 2.75) is 0 Å². The van der Waals surface area contributed by atoms with Gasteiger partial charge in [-0.3, -0.25) is 4.79 Å². The van der Waals surface area contributed by atoms with E-state index in [-0.39, 0.29) is 20.6 Å². The van der Waals surface area contributed by atoms with Crippen LogP contribution in [0.3, 0.4) is 0 Å². The molecule has 0 aliphatic rings. The van der Waals surface area contributed by atoms with Crippen molar-refractivity contribution in [2.75, 3.05) is 5.32 Å². The van der Waals surface area contributed by atoms with Crippen LogP contribution in [0.1, 0.15) is 15.9 Å². The van der Waals surface area contributed by atoms with Gasteiger partial charge in [-0.1, -0.05) is 40.9 Å². The predicted molar refractivity (Wildman–Crippen MR) is 80.6 cm³/mol. The zero-order valence-corrected chi connectivity index (χ0v) is 12.2. The Hall–Kier alpha value is -1.73. The number of nitrogens with one attached hydrogen (secondary N) is 1. The first kappa shape index (κ1) is 14.7. The molecule has 0 aliphatic carbocycles. The molecule has 0 fully saturated rings. The van der Waals surface area contributed by atoms with Gasteiger partial charge in [-0.25, -0.2) is 0 Å². The Kier molecular flexibility index (Phi) is 4.51. The Morgan fingerprint density at radius 3 is 2.25 bits per heavy atom. The first-order valence-electron chi connectivity index (χ1n) is 5.48. The first-order valence-corrected chi connectivity index (χ1v) is 6.61. The maximum Gasteiger partial charge on any atom is 0.258 e. The van der Waals surface area contributed by atoms with E-state index in [2.05, 4.69) is 5.32 Å². The number of amides is 1. The number of rotatable bonds is 2. The second kappa shape index (κ2) is 6.15. The van der Waals surface area contributed by atoms with Crippen molar-refractivity contribution in [1.82, 2.24) is 0 Å². The van der Waals surface area contributed by atoms with E-state index < -0.39 is 5.91 Å². The van der Waals surface area contributed by atoms with Crippen molar-refractivity contribution >= 4 is 46.4 Å². The second-order valence-corrected chi connectivity index (χ2v) is 5.08. The van der Waals surface area contributed by atoms with E-state index in [1.165, 1.54) is 12.1 Å². The van der Waals surface area contributed by atoms with Gasteiger partial charge < -0.3 is 5.32 Å². The third-order valence-electron chi connectivity index (χ3n) is 2.54. The smallest absolute Gasteiger partial charge is 0.258 e. The molecule has 3 nitrogen and oxygen atoms in total. The molecule has 20 heavy (non-hydrogen) atoms. The Morgan fingerprint density at radius 1 is 1.05 bits per heavy atom. The van der Waals surface area contributed by atoms with Crippen molar-refractivity contribution in [3.05, 3.63) is 62.6 Å². The zero-order valence-electron chi connectivity index (χ0n) is 9.95. The van der Waals surface area contributed by atoms with Crippen LogP contribution in [0.2, 0.25) is 15.1 Å². The van der Waals surface area contributed by atoms with Gasteiger partial charge in [0.25, 0.3) is 5.91 Å². The quantitative estimate of drug-likeness (QED) is 0.864. The van der Waals surface area contributed by atoms with Gasteiger partial charge in [-0.15, -0.1) is 0 Å². The summed E-state index contributed by atoms with van der Waals surface area (Å²) in [5, 5.41) is 12.2. The third-order valence-corrected chi connectivity index (χ3v) is 3.48. The fraction of sp³-hybridized carbons (Fsp3) is 0. The number of halogens is 3. The van der Waals surface area contributed by atoms with Crippen molar-refractivity contribution < 1.29 is 4.79 Å². The van der Waals surface area contributed by atoms with Crippen LogP contribution in [0.15, 0.2) is 36.4 Å². The van der Waals surface area contributed by atoms with Crippen LogP contribution >= 0.6 is 34.8 Å². The fourth-order valence-electron chi connectivity index (χ4n) is 1.59. The van der Waals surface area contributed by atoms with Crippen LogP contribution in [0.25, 0.3) is 0 Å². The SMILES string of the molecule is N#Cc1ccc(NC(=O)c2c(Cl)cccc2Cl)cc1Cl. The third kappa shape index (κ3) is 3.05. The molecule has 100 valence electrons. The van der Waals surface area contributed by atoms with Gasteiger partial charge in [0.05, 0.1) is 26.2 Å². The maximum absolute atomic E-state index is 12.1. The second-order valence-electron chi connectivity index (χ2n) is 3.86. The van der Waals surface area contributed by atoms with Gasteiger partial charge in [0.15, 0.2) is 0 Å². The lowest BCUT2D eigenvalue weighted by atomic mass is 10.2. The molecule has 0 aromatic heterocycles. The standard InChI is InChI=1S/C14H7Cl3N2O/c15-10-2-1-3-11(16)13(10)14(20)19-9-5-4-8(7-18)12(17)6-9/h1-6H,(H,19,20). The Morgan fingerprint density at radius 2 is 1.70 bits per heavy atom. The maximum atomic E-state index is 12.1. The number of anilines is 1. The summed E-state index contributed by atoms with van der Waals surface area (Å²) in [5.74, 6) is -0.443. The summed E-state index contributed by atoms with van der Waals surface area (Å²) in [6.45, 7) is 0. The number of hydrogen-bond donors (Lipinski definition) is 1. The summed E-state index contributed by atoms with van der Waals surface area (Å²) in [5.41, 5.74) is 0.978. The molecule has 0 saturated heterocycles. The average Bonchev–Trinajstić information content (AvgIpc) is 2.38. The monoisotopic (exact) mass is 324 g/mol. The number of carbonyl (C=O) groups excluding carboxylic acids is 1. The van der Waals surface area contributed by atoms with E-state index >= 15 is 0 Å². The minimum Gasteiger partial charge on any atom is -0.322 e. The van der Waals surface area contributed by atoms with E-state index in [9.17, 15) is 4.79 Å². The van der Waals surface area contributed by atoms with E-state index in [1.807, 2.05) is 6.07 Å². The molecule has 0 saturated carbocycles. The van der Waals surface area contributed by atoms with Crippen molar-refractivity contribution in [3.63, 3.8) is 0 Å². The lowest BCUT2D eigenvalue weighted by Crippen LogP contribution is -2.13. The molecule has 2 aromatic rings. The molecular formula is C14H7Cl3N2O. The molecule has 2 rings (SSSR count). The summed E-state index contributed by atoms with van der Waals surface area (Å²) >= 11 is 17.8. The highest BCUT2D eigenvalue weighted by Crippen LogP contribution is 2.26. The lowest BCUT2D eigenvalue weighted by molar-refractivity contribution is 0.102. The van der Waals surface area contributed by atoms with E-state index in [0.717, 1.165) is 0 Å². The number of nitrogens with zero attached hydrogens (tertiary/aromatic N) is 1. The number of nitriles is 1. The van der Waals surface area contributed by atoms with Gasteiger partial charge in [-0.05, 0) is 30.3 Å². The summed E-state index contributed by atoms with van der Waals surface area (Å²) < 4.78 is 0. The highest BCUT2D eigenvalue weighted by Gasteiger charge is 2.15. The fourth-order valence-corrected chi connectivity index (χ4v) is 2.38. The lowest BCUT2D eigenvalue weighted by Gasteiger charge is -2.09. The topological polar surface area (TPSA) is 52.9 Å². The predicted octanol–water partition coefficient (Wildman–Crippen LogP) is 4.77. The molecule has 0 radical (unpaired) electrons. The average molecular weight is 326 g/mol. The molecule has 6 heteroatoms. The zero-order chi connectivity index (χ0) is 14.7. The Labute approximate surface area is 130 Å². The molecular weight excluding hydrogens is 319 g/mol. The minimum atomic E-state index is -0.443. The molecule has 0 aliphatic heterocycles. The summed E-state index contributed by atoms with van der Waals surface area (Å²) in [7, 11) is 0. The molecule has 1 N–H and O–H groups in total. The van der Waals surface area contributed by atoms with Crippen molar-refractivity contribution in [3.8, 4) is 6.07 Å². The highest BCUT2D eigenvalue weighted by molar-refractivity contribution is 6.40. The first-order chi connectivity index (χ1) is 9.52. The Bertz CT molecular complexity index is 703. The van der Waals surface area contributed by atoms with Gasteiger partial charge in [-0.2, -0.15) is 5.26 Å². The number of carbonyl (C=O) groups is 1. The summed E-state index contributed by atoms with van der Waals surface area (Å²) in [6, 6.07) is 11.3.